The molecule has 1 saturated carbocycles. The highest BCUT2D eigenvalue weighted by Gasteiger charge is 2.41. The fourth-order valence-electron chi connectivity index (χ4n) is 3.15. The lowest BCUT2D eigenvalue weighted by atomic mass is 9.73. The van der Waals surface area contributed by atoms with Gasteiger partial charge in [0.15, 0.2) is 0 Å². The lowest BCUT2D eigenvalue weighted by molar-refractivity contribution is -0.166. The Morgan fingerprint density at radius 1 is 0.800 bits per heavy atom. The van der Waals surface area contributed by atoms with Crippen LogP contribution in [0.4, 0.5) is 0 Å². The monoisotopic (exact) mass is 358 g/mol. The highest BCUT2D eigenvalue weighted by Crippen LogP contribution is 2.36. The van der Waals surface area contributed by atoms with Crippen molar-refractivity contribution in [1.29, 1.82) is 0 Å². The van der Waals surface area contributed by atoms with Crippen LogP contribution in [0.5, 0.6) is 0 Å². The van der Waals surface area contributed by atoms with Gasteiger partial charge in [0.2, 0.25) is 0 Å². The molecule has 0 aliphatic heterocycles. The number of hydrogen-bond donors (Lipinski definition) is 0. The number of rotatable bonds is 12. The molecule has 0 spiro atoms. The third kappa shape index (κ3) is 8.19. The molecule has 0 heterocycles. The molecule has 0 N–H and O–H groups in total. The van der Waals surface area contributed by atoms with Crippen molar-refractivity contribution in [2.45, 2.75) is 52.9 Å². The second kappa shape index (κ2) is 13.1. The van der Waals surface area contributed by atoms with Gasteiger partial charge in [0.1, 0.15) is 6.61 Å². The van der Waals surface area contributed by atoms with Gasteiger partial charge in [-0.05, 0) is 31.6 Å². The zero-order chi connectivity index (χ0) is 18.5. The molecule has 0 aromatic carbocycles. The van der Waals surface area contributed by atoms with Gasteiger partial charge in [-0.1, -0.05) is 27.2 Å². The van der Waals surface area contributed by atoms with E-state index in [1.165, 1.54) is 0 Å². The number of carbonyl (C=O) groups is 2. The summed E-state index contributed by atoms with van der Waals surface area (Å²) in [6.45, 7) is 8.73. The van der Waals surface area contributed by atoms with Gasteiger partial charge in [-0.2, -0.15) is 0 Å². The summed E-state index contributed by atoms with van der Waals surface area (Å²) in [5.74, 6) is -1.23. The molecule has 146 valence electrons. The maximum atomic E-state index is 12.4. The van der Waals surface area contributed by atoms with Gasteiger partial charge in [-0.3, -0.25) is 9.59 Å². The van der Waals surface area contributed by atoms with Crippen molar-refractivity contribution in [3.63, 3.8) is 0 Å². The Morgan fingerprint density at radius 3 is 2.08 bits per heavy atom. The minimum absolute atomic E-state index is 0.141. The molecule has 3 unspecified atom stereocenters. The smallest absolute Gasteiger partial charge is 0.310 e. The van der Waals surface area contributed by atoms with Crippen molar-refractivity contribution in [2.24, 2.45) is 17.8 Å². The molecule has 1 aliphatic carbocycles. The SMILES string of the molecule is CCCOCCOCCOC(=O)C1CCCC(C)C1C(=O)OCCC. The van der Waals surface area contributed by atoms with Gasteiger partial charge < -0.3 is 18.9 Å². The lowest BCUT2D eigenvalue weighted by Crippen LogP contribution is -2.39. The van der Waals surface area contributed by atoms with E-state index in [-0.39, 0.29) is 24.5 Å². The Morgan fingerprint density at radius 2 is 1.40 bits per heavy atom. The van der Waals surface area contributed by atoms with Crippen molar-refractivity contribution in [3.05, 3.63) is 0 Å². The van der Waals surface area contributed by atoms with Gasteiger partial charge in [0, 0.05) is 6.61 Å². The van der Waals surface area contributed by atoms with Crippen molar-refractivity contribution < 1.29 is 28.5 Å². The quantitative estimate of drug-likeness (QED) is 0.394. The average Bonchev–Trinajstić information content (AvgIpc) is 2.61. The van der Waals surface area contributed by atoms with Crippen LogP contribution >= 0.6 is 0 Å². The van der Waals surface area contributed by atoms with Gasteiger partial charge in [-0.25, -0.2) is 0 Å². The highest BCUT2D eigenvalue weighted by molar-refractivity contribution is 5.82. The molecular formula is C19H34O6. The van der Waals surface area contributed by atoms with Crippen LogP contribution in [0.2, 0.25) is 0 Å². The van der Waals surface area contributed by atoms with E-state index in [1.807, 2.05) is 13.8 Å². The Bertz CT molecular complexity index is 384. The molecule has 3 atom stereocenters. The highest BCUT2D eigenvalue weighted by atomic mass is 16.6. The molecule has 1 fully saturated rings. The molecule has 0 aromatic heterocycles. The first-order chi connectivity index (χ1) is 12.1. The van der Waals surface area contributed by atoms with Crippen molar-refractivity contribution in [3.8, 4) is 0 Å². The van der Waals surface area contributed by atoms with E-state index in [9.17, 15) is 9.59 Å². The molecule has 1 aliphatic rings. The Labute approximate surface area is 151 Å². The van der Waals surface area contributed by atoms with Gasteiger partial charge >= 0.3 is 11.9 Å². The molecule has 6 heteroatoms. The summed E-state index contributed by atoms with van der Waals surface area (Å²) in [5.41, 5.74) is 0. The van der Waals surface area contributed by atoms with Crippen LogP contribution in [-0.2, 0) is 28.5 Å². The van der Waals surface area contributed by atoms with E-state index < -0.39 is 11.8 Å². The maximum absolute atomic E-state index is 12.4. The Hall–Kier alpha value is -1.14. The van der Waals surface area contributed by atoms with Crippen LogP contribution in [0, 0.1) is 17.8 Å². The third-order valence-corrected chi connectivity index (χ3v) is 4.44. The van der Waals surface area contributed by atoms with E-state index in [0.717, 1.165) is 32.3 Å². The van der Waals surface area contributed by atoms with Crippen LogP contribution < -0.4 is 0 Å². The predicted octanol–water partition coefficient (Wildman–Crippen LogP) is 2.98. The largest absolute Gasteiger partial charge is 0.465 e. The molecule has 1 rings (SSSR count). The van der Waals surface area contributed by atoms with Gasteiger partial charge in [0.25, 0.3) is 0 Å². The summed E-state index contributed by atoms with van der Waals surface area (Å²) in [5, 5.41) is 0. The number of esters is 2. The first-order valence-corrected chi connectivity index (χ1v) is 9.60. The normalized spacial score (nSPS) is 23.2. The molecule has 25 heavy (non-hydrogen) atoms. The van der Waals surface area contributed by atoms with Gasteiger partial charge in [-0.15, -0.1) is 0 Å². The molecule has 0 bridgehead atoms. The Kier molecular flexibility index (Phi) is 11.5. The fourth-order valence-corrected chi connectivity index (χ4v) is 3.15. The molecule has 0 radical (unpaired) electrons. The molecule has 0 aromatic rings. The third-order valence-electron chi connectivity index (χ3n) is 4.44. The summed E-state index contributed by atoms with van der Waals surface area (Å²) >= 11 is 0. The summed E-state index contributed by atoms with van der Waals surface area (Å²) in [4.78, 5) is 24.7. The zero-order valence-electron chi connectivity index (χ0n) is 16.0. The van der Waals surface area contributed by atoms with E-state index in [0.29, 0.717) is 32.8 Å². The van der Waals surface area contributed by atoms with Crippen LogP contribution in [-0.4, -0.2) is 51.6 Å². The predicted molar refractivity (Wildman–Crippen MR) is 94.1 cm³/mol. The average molecular weight is 358 g/mol. The topological polar surface area (TPSA) is 71.1 Å². The van der Waals surface area contributed by atoms with Gasteiger partial charge in [0.05, 0.1) is 38.3 Å². The molecule has 6 nitrogen and oxygen atoms in total. The molecular weight excluding hydrogens is 324 g/mol. The first-order valence-electron chi connectivity index (χ1n) is 9.60. The van der Waals surface area contributed by atoms with E-state index in [1.54, 1.807) is 0 Å². The summed E-state index contributed by atoms with van der Waals surface area (Å²) in [7, 11) is 0. The minimum Gasteiger partial charge on any atom is -0.465 e. The molecule has 0 saturated heterocycles. The second-order valence-electron chi connectivity index (χ2n) is 6.60. The first kappa shape index (κ1) is 21.9. The van der Waals surface area contributed by atoms with Crippen LogP contribution in [0.25, 0.3) is 0 Å². The second-order valence-corrected chi connectivity index (χ2v) is 6.60. The number of ether oxygens (including phenoxy) is 4. The number of carbonyl (C=O) groups excluding carboxylic acids is 2. The van der Waals surface area contributed by atoms with Crippen molar-refractivity contribution in [1.82, 2.24) is 0 Å². The summed E-state index contributed by atoms with van der Waals surface area (Å²) in [6, 6.07) is 0. The van der Waals surface area contributed by atoms with Crippen molar-refractivity contribution in [2.75, 3.05) is 39.6 Å². The lowest BCUT2D eigenvalue weighted by Gasteiger charge is -2.33. The van der Waals surface area contributed by atoms with E-state index in [4.69, 9.17) is 18.9 Å². The fraction of sp³-hybridized carbons (Fsp3) is 0.895. The standard InChI is InChI=1S/C19H34O6/c1-4-9-22-11-12-23-13-14-25-18(20)16-8-6-7-15(3)17(16)19(21)24-10-5-2/h15-17H,4-14H2,1-3H3. The zero-order valence-corrected chi connectivity index (χ0v) is 16.0. The summed E-state index contributed by atoms with van der Waals surface area (Å²) < 4.78 is 21.3. The number of hydrogen-bond acceptors (Lipinski definition) is 6. The van der Waals surface area contributed by atoms with Crippen molar-refractivity contribution >= 4 is 11.9 Å². The van der Waals surface area contributed by atoms with Crippen LogP contribution in [0.1, 0.15) is 52.9 Å². The van der Waals surface area contributed by atoms with E-state index >= 15 is 0 Å². The summed E-state index contributed by atoms with van der Waals surface area (Å²) in [6.07, 6.45) is 4.32. The maximum Gasteiger partial charge on any atom is 0.310 e. The molecule has 0 amide bonds. The Balaban J connectivity index is 2.34. The van der Waals surface area contributed by atoms with Crippen LogP contribution in [0.15, 0.2) is 0 Å². The minimum atomic E-state index is -0.402. The van der Waals surface area contributed by atoms with E-state index in [2.05, 4.69) is 6.92 Å². The van der Waals surface area contributed by atoms with Crippen LogP contribution in [0.3, 0.4) is 0 Å².